The number of hydrogen-bond acceptors (Lipinski definition) is 3. The van der Waals surface area contributed by atoms with Crippen molar-refractivity contribution in [3.8, 4) is 0 Å². The molecule has 2 N–H and O–H groups in total. The topological polar surface area (TPSA) is 53.6 Å². The van der Waals surface area contributed by atoms with Gasteiger partial charge in [-0.05, 0) is 17.7 Å². The summed E-state index contributed by atoms with van der Waals surface area (Å²) in [6.45, 7) is 0.782. The molecule has 0 aliphatic rings. The quantitative estimate of drug-likeness (QED) is 0.739. The highest BCUT2D eigenvalue weighted by Crippen LogP contribution is 2.02. The highest BCUT2D eigenvalue weighted by molar-refractivity contribution is 5.31. The van der Waals surface area contributed by atoms with Gasteiger partial charge in [0.2, 0.25) is 0 Å². The molecule has 13 heavy (non-hydrogen) atoms. The zero-order valence-corrected chi connectivity index (χ0v) is 7.07. The second kappa shape index (κ2) is 3.71. The van der Waals surface area contributed by atoms with Gasteiger partial charge in [0.15, 0.2) is 0 Å². The van der Waals surface area contributed by atoms with Gasteiger partial charge in [-0.15, -0.1) is 0 Å². The smallest absolute Gasteiger partial charge is 0.123 e. The summed E-state index contributed by atoms with van der Waals surface area (Å²) in [7, 11) is 0. The fourth-order valence-electron chi connectivity index (χ4n) is 1.05. The van der Waals surface area contributed by atoms with E-state index in [9.17, 15) is 0 Å². The number of hydrogen-bond donors (Lipinski definition) is 2. The van der Waals surface area contributed by atoms with E-state index in [4.69, 9.17) is 0 Å². The van der Waals surface area contributed by atoms with Crippen molar-refractivity contribution < 1.29 is 0 Å². The zero-order valence-electron chi connectivity index (χ0n) is 7.07. The minimum Gasteiger partial charge on any atom is -0.366 e. The van der Waals surface area contributed by atoms with Crippen molar-refractivity contribution in [3.63, 3.8) is 0 Å². The highest BCUT2D eigenvalue weighted by atomic mass is 15.0. The summed E-state index contributed by atoms with van der Waals surface area (Å²) in [5.74, 6) is 0.928. The number of imidazole rings is 1. The standard InChI is InChI=1S/C9H10N4/c1-3-10-4-2-8(1)5-12-9-6-11-7-13-9/h1-4,6-7,12H,5H2,(H,11,13). The Bertz CT molecular complexity index is 341. The van der Waals surface area contributed by atoms with Crippen LogP contribution in [0.5, 0.6) is 0 Å². The van der Waals surface area contributed by atoms with Crippen LogP contribution in [0.15, 0.2) is 37.1 Å². The van der Waals surface area contributed by atoms with Gasteiger partial charge in [-0.1, -0.05) is 0 Å². The lowest BCUT2D eigenvalue weighted by Gasteiger charge is -2.01. The number of nitrogens with zero attached hydrogens (tertiary/aromatic N) is 2. The van der Waals surface area contributed by atoms with Crippen molar-refractivity contribution >= 4 is 5.82 Å². The van der Waals surface area contributed by atoms with Crippen LogP contribution >= 0.6 is 0 Å². The summed E-state index contributed by atoms with van der Waals surface area (Å²) >= 11 is 0. The van der Waals surface area contributed by atoms with Crippen LogP contribution in [0.3, 0.4) is 0 Å². The fraction of sp³-hybridized carbons (Fsp3) is 0.111. The first-order chi connectivity index (χ1) is 6.45. The Kier molecular flexibility index (Phi) is 2.22. The summed E-state index contributed by atoms with van der Waals surface area (Å²) in [4.78, 5) is 10.8. The van der Waals surface area contributed by atoms with Crippen LogP contribution in [-0.4, -0.2) is 15.0 Å². The monoisotopic (exact) mass is 174 g/mol. The first-order valence-electron chi connectivity index (χ1n) is 4.06. The van der Waals surface area contributed by atoms with Crippen LogP contribution in [0.4, 0.5) is 5.82 Å². The normalized spacial score (nSPS) is 9.85. The molecular weight excluding hydrogens is 164 g/mol. The number of anilines is 1. The van der Waals surface area contributed by atoms with Crippen LogP contribution in [0, 0.1) is 0 Å². The van der Waals surface area contributed by atoms with Crippen LogP contribution in [0.2, 0.25) is 0 Å². The molecule has 0 fully saturated rings. The first kappa shape index (κ1) is 7.79. The molecule has 4 nitrogen and oxygen atoms in total. The van der Waals surface area contributed by atoms with Crippen molar-refractivity contribution in [2.24, 2.45) is 0 Å². The maximum Gasteiger partial charge on any atom is 0.123 e. The number of aromatic amines is 1. The molecule has 0 spiro atoms. The Morgan fingerprint density at radius 3 is 2.77 bits per heavy atom. The molecule has 2 aromatic heterocycles. The summed E-state index contributed by atoms with van der Waals surface area (Å²) in [6, 6.07) is 3.95. The van der Waals surface area contributed by atoms with Gasteiger partial charge in [0.05, 0.1) is 12.5 Å². The molecule has 0 saturated carbocycles. The second-order valence-electron chi connectivity index (χ2n) is 2.67. The van der Waals surface area contributed by atoms with E-state index in [0.29, 0.717) is 0 Å². The molecule has 0 aliphatic heterocycles. The van der Waals surface area contributed by atoms with Crippen LogP contribution < -0.4 is 5.32 Å². The number of aromatic nitrogens is 3. The van der Waals surface area contributed by atoms with Crippen LogP contribution in [0.25, 0.3) is 0 Å². The lowest BCUT2D eigenvalue weighted by atomic mass is 10.3. The highest BCUT2D eigenvalue weighted by Gasteiger charge is 1.92. The van der Waals surface area contributed by atoms with Gasteiger partial charge in [0, 0.05) is 18.9 Å². The number of nitrogens with one attached hydrogen (secondary N) is 2. The Morgan fingerprint density at radius 2 is 2.08 bits per heavy atom. The number of rotatable bonds is 3. The Balaban J connectivity index is 1.94. The third kappa shape index (κ3) is 2.05. The van der Waals surface area contributed by atoms with Crippen molar-refractivity contribution in [1.29, 1.82) is 0 Å². The molecule has 0 aromatic carbocycles. The van der Waals surface area contributed by atoms with Crippen molar-refractivity contribution in [3.05, 3.63) is 42.6 Å². The van der Waals surface area contributed by atoms with Gasteiger partial charge >= 0.3 is 0 Å². The van der Waals surface area contributed by atoms with Crippen molar-refractivity contribution in [2.75, 3.05) is 5.32 Å². The molecule has 2 rings (SSSR count). The first-order valence-corrected chi connectivity index (χ1v) is 4.06. The largest absolute Gasteiger partial charge is 0.366 e. The zero-order chi connectivity index (χ0) is 8.93. The molecule has 66 valence electrons. The van der Waals surface area contributed by atoms with Gasteiger partial charge in [0.25, 0.3) is 0 Å². The Morgan fingerprint density at radius 1 is 1.23 bits per heavy atom. The minimum atomic E-state index is 0.782. The van der Waals surface area contributed by atoms with E-state index in [-0.39, 0.29) is 0 Å². The molecule has 2 aromatic rings. The molecule has 0 atom stereocenters. The molecule has 2 heterocycles. The van der Waals surface area contributed by atoms with E-state index in [1.807, 2.05) is 12.1 Å². The van der Waals surface area contributed by atoms with Crippen molar-refractivity contribution in [1.82, 2.24) is 15.0 Å². The van der Waals surface area contributed by atoms with E-state index >= 15 is 0 Å². The summed E-state index contributed by atoms with van der Waals surface area (Å²) < 4.78 is 0. The van der Waals surface area contributed by atoms with E-state index in [1.54, 1.807) is 24.9 Å². The number of H-pyrrole nitrogens is 1. The number of pyridine rings is 1. The van der Waals surface area contributed by atoms with E-state index in [1.165, 1.54) is 5.56 Å². The molecule has 0 saturated heterocycles. The van der Waals surface area contributed by atoms with E-state index in [0.717, 1.165) is 12.4 Å². The molecular formula is C9H10N4. The molecule has 0 aliphatic carbocycles. The predicted octanol–water partition coefficient (Wildman–Crippen LogP) is 1.42. The third-order valence-electron chi connectivity index (χ3n) is 1.73. The third-order valence-corrected chi connectivity index (χ3v) is 1.73. The van der Waals surface area contributed by atoms with Gasteiger partial charge < -0.3 is 10.3 Å². The minimum absolute atomic E-state index is 0.782. The average molecular weight is 174 g/mol. The molecule has 0 bridgehead atoms. The summed E-state index contributed by atoms with van der Waals surface area (Å²) in [5, 5.41) is 3.20. The maximum atomic E-state index is 3.94. The maximum absolute atomic E-state index is 3.94. The Labute approximate surface area is 76.1 Å². The van der Waals surface area contributed by atoms with E-state index in [2.05, 4.69) is 20.3 Å². The lowest BCUT2D eigenvalue weighted by Crippen LogP contribution is -1.98. The second-order valence-corrected chi connectivity index (χ2v) is 2.67. The van der Waals surface area contributed by atoms with Gasteiger partial charge in [0.1, 0.15) is 5.82 Å². The lowest BCUT2D eigenvalue weighted by molar-refractivity contribution is 1.11. The SMILES string of the molecule is c1cc(CNc2cnc[nH]2)ccn1. The van der Waals surface area contributed by atoms with Crippen molar-refractivity contribution in [2.45, 2.75) is 6.54 Å². The fourth-order valence-corrected chi connectivity index (χ4v) is 1.05. The van der Waals surface area contributed by atoms with Gasteiger partial charge in [-0.2, -0.15) is 0 Å². The Hall–Kier alpha value is -1.84. The van der Waals surface area contributed by atoms with E-state index < -0.39 is 0 Å². The predicted molar refractivity (Wildman–Crippen MR) is 50.2 cm³/mol. The van der Waals surface area contributed by atoms with Gasteiger partial charge in [-0.25, -0.2) is 4.98 Å². The van der Waals surface area contributed by atoms with Crippen LogP contribution in [-0.2, 0) is 6.54 Å². The summed E-state index contributed by atoms with van der Waals surface area (Å²) in [6.07, 6.45) is 6.96. The van der Waals surface area contributed by atoms with Crippen LogP contribution in [0.1, 0.15) is 5.56 Å². The molecule has 0 radical (unpaired) electrons. The summed E-state index contributed by atoms with van der Waals surface area (Å²) in [5.41, 5.74) is 1.20. The molecule has 4 heteroatoms. The molecule has 0 unspecified atom stereocenters. The average Bonchev–Trinajstić information content (AvgIpc) is 2.69. The van der Waals surface area contributed by atoms with Gasteiger partial charge in [-0.3, -0.25) is 4.98 Å². The molecule has 0 amide bonds.